The van der Waals surface area contributed by atoms with E-state index in [0.717, 1.165) is 11.1 Å². The zero-order chi connectivity index (χ0) is 19.4. The van der Waals surface area contributed by atoms with Crippen molar-refractivity contribution >= 4 is 27.5 Å². The van der Waals surface area contributed by atoms with E-state index in [2.05, 4.69) is 15.3 Å². The van der Waals surface area contributed by atoms with Crippen molar-refractivity contribution in [3.63, 3.8) is 0 Å². The van der Waals surface area contributed by atoms with Crippen LogP contribution in [0.1, 0.15) is 19.7 Å². The number of carbonyl (C=O) groups is 1. The maximum absolute atomic E-state index is 13.2. The summed E-state index contributed by atoms with van der Waals surface area (Å²) in [5.74, 6) is 0.142. The molecule has 27 heavy (non-hydrogen) atoms. The standard InChI is InChI=1S/C19H21FN4O2S/c1-3-21-16(25)10-24(4-2)9-15-22-18(26)17-14(11-27-19(17)23-15)12-5-7-13(20)8-6-12/h5-8,11H,3-4,9-10H2,1-2H3,(H,21,25)(H,22,23,26). The number of hydrogen-bond acceptors (Lipinski definition) is 5. The average molecular weight is 388 g/mol. The summed E-state index contributed by atoms with van der Waals surface area (Å²) in [6.07, 6.45) is 0. The first-order valence-corrected chi connectivity index (χ1v) is 9.65. The van der Waals surface area contributed by atoms with Crippen molar-refractivity contribution in [3.8, 4) is 11.1 Å². The number of fused-ring (bicyclic) bond motifs is 1. The fourth-order valence-corrected chi connectivity index (χ4v) is 3.82. The molecule has 6 nitrogen and oxygen atoms in total. The van der Waals surface area contributed by atoms with E-state index >= 15 is 0 Å². The second-order valence-corrected chi connectivity index (χ2v) is 6.96. The van der Waals surface area contributed by atoms with Crippen LogP contribution >= 0.6 is 11.3 Å². The molecule has 2 N–H and O–H groups in total. The fraction of sp³-hybridized carbons (Fsp3) is 0.316. The summed E-state index contributed by atoms with van der Waals surface area (Å²) in [6, 6.07) is 6.04. The Morgan fingerprint density at radius 3 is 2.70 bits per heavy atom. The highest BCUT2D eigenvalue weighted by Crippen LogP contribution is 2.30. The molecule has 8 heteroatoms. The Balaban J connectivity index is 1.88. The van der Waals surface area contributed by atoms with E-state index in [-0.39, 0.29) is 23.8 Å². The molecule has 142 valence electrons. The lowest BCUT2D eigenvalue weighted by Crippen LogP contribution is -2.37. The van der Waals surface area contributed by atoms with Crippen molar-refractivity contribution in [1.82, 2.24) is 20.2 Å². The summed E-state index contributed by atoms with van der Waals surface area (Å²) in [5, 5.41) is 5.12. The molecule has 0 atom stereocenters. The number of thiophene rings is 1. The largest absolute Gasteiger partial charge is 0.355 e. The summed E-state index contributed by atoms with van der Waals surface area (Å²) in [4.78, 5) is 34.4. The van der Waals surface area contributed by atoms with Gasteiger partial charge in [0.1, 0.15) is 16.5 Å². The Hall–Kier alpha value is -2.58. The molecular weight excluding hydrogens is 367 g/mol. The van der Waals surface area contributed by atoms with E-state index in [1.54, 1.807) is 12.1 Å². The molecular formula is C19H21FN4O2S. The fourth-order valence-electron chi connectivity index (χ4n) is 2.86. The molecule has 0 fully saturated rings. The van der Waals surface area contributed by atoms with Crippen LogP contribution in [0.5, 0.6) is 0 Å². The molecule has 0 unspecified atom stereocenters. The molecule has 0 saturated heterocycles. The van der Waals surface area contributed by atoms with Crippen LogP contribution in [-0.2, 0) is 11.3 Å². The third-order valence-corrected chi connectivity index (χ3v) is 5.08. The molecule has 1 aromatic carbocycles. The number of nitrogens with one attached hydrogen (secondary N) is 2. The monoisotopic (exact) mass is 388 g/mol. The molecule has 1 amide bonds. The number of likely N-dealkylation sites (N-methyl/N-ethyl adjacent to an activating group) is 2. The molecule has 0 spiro atoms. The Morgan fingerprint density at radius 1 is 1.30 bits per heavy atom. The number of H-pyrrole nitrogens is 1. The van der Waals surface area contributed by atoms with Crippen LogP contribution in [0.2, 0.25) is 0 Å². The van der Waals surface area contributed by atoms with Crippen LogP contribution in [0.4, 0.5) is 4.39 Å². The minimum absolute atomic E-state index is 0.0579. The molecule has 2 aromatic heterocycles. The maximum atomic E-state index is 13.2. The van der Waals surface area contributed by atoms with Gasteiger partial charge in [0, 0.05) is 17.5 Å². The van der Waals surface area contributed by atoms with Gasteiger partial charge in [-0.2, -0.15) is 0 Å². The van der Waals surface area contributed by atoms with Gasteiger partial charge in [0.05, 0.1) is 18.5 Å². The van der Waals surface area contributed by atoms with Gasteiger partial charge >= 0.3 is 0 Å². The number of aromatic nitrogens is 2. The van der Waals surface area contributed by atoms with Crippen LogP contribution in [-0.4, -0.2) is 40.4 Å². The van der Waals surface area contributed by atoms with Crippen molar-refractivity contribution in [2.75, 3.05) is 19.6 Å². The predicted molar refractivity (Wildman–Crippen MR) is 105 cm³/mol. The smallest absolute Gasteiger partial charge is 0.260 e. The van der Waals surface area contributed by atoms with Crippen LogP contribution < -0.4 is 10.9 Å². The van der Waals surface area contributed by atoms with Gasteiger partial charge in [-0.05, 0) is 31.2 Å². The van der Waals surface area contributed by atoms with E-state index in [0.29, 0.717) is 35.7 Å². The number of halogens is 1. The summed E-state index contributed by atoms with van der Waals surface area (Å²) in [5.41, 5.74) is 1.28. The summed E-state index contributed by atoms with van der Waals surface area (Å²) in [6.45, 7) is 5.69. The van der Waals surface area contributed by atoms with Crippen LogP contribution in [0.15, 0.2) is 34.4 Å². The highest BCUT2D eigenvalue weighted by Gasteiger charge is 2.15. The Kier molecular flexibility index (Phi) is 5.98. The number of rotatable bonds is 7. The first-order valence-electron chi connectivity index (χ1n) is 8.77. The Morgan fingerprint density at radius 2 is 2.04 bits per heavy atom. The lowest BCUT2D eigenvalue weighted by Gasteiger charge is -2.18. The van der Waals surface area contributed by atoms with Gasteiger partial charge in [0.15, 0.2) is 0 Å². The molecule has 0 bridgehead atoms. The van der Waals surface area contributed by atoms with E-state index in [1.807, 2.05) is 24.1 Å². The molecule has 0 aliphatic rings. The van der Waals surface area contributed by atoms with Gasteiger partial charge in [-0.3, -0.25) is 14.5 Å². The topological polar surface area (TPSA) is 78.1 Å². The zero-order valence-electron chi connectivity index (χ0n) is 15.2. The number of benzene rings is 1. The predicted octanol–water partition coefficient (Wildman–Crippen LogP) is 2.75. The first kappa shape index (κ1) is 19.2. The lowest BCUT2D eigenvalue weighted by atomic mass is 10.1. The van der Waals surface area contributed by atoms with Crippen molar-refractivity contribution in [3.05, 3.63) is 51.6 Å². The summed E-state index contributed by atoms with van der Waals surface area (Å²) >= 11 is 1.38. The second-order valence-electron chi connectivity index (χ2n) is 6.11. The van der Waals surface area contributed by atoms with Crippen molar-refractivity contribution in [2.45, 2.75) is 20.4 Å². The second kappa shape index (κ2) is 8.41. The molecule has 0 aliphatic heterocycles. The van der Waals surface area contributed by atoms with Gasteiger partial charge in [-0.15, -0.1) is 11.3 Å². The number of amides is 1. The third kappa shape index (κ3) is 4.40. The molecule has 3 rings (SSSR count). The van der Waals surface area contributed by atoms with Crippen molar-refractivity contribution in [1.29, 1.82) is 0 Å². The number of nitrogens with zero attached hydrogens (tertiary/aromatic N) is 2. The molecule has 2 heterocycles. The minimum atomic E-state index is -0.320. The summed E-state index contributed by atoms with van der Waals surface area (Å²) in [7, 11) is 0. The third-order valence-electron chi connectivity index (χ3n) is 4.21. The average Bonchev–Trinajstić information content (AvgIpc) is 3.06. The number of aromatic amines is 1. The SMILES string of the molecule is CCNC(=O)CN(CC)Cc1nc2scc(-c3ccc(F)cc3)c2c(=O)[nH]1. The number of hydrogen-bond donors (Lipinski definition) is 2. The van der Waals surface area contributed by atoms with Crippen LogP contribution in [0.3, 0.4) is 0 Å². The van der Waals surface area contributed by atoms with E-state index in [1.165, 1.54) is 23.5 Å². The Labute approximate surface area is 160 Å². The van der Waals surface area contributed by atoms with Crippen LogP contribution in [0, 0.1) is 5.82 Å². The van der Waals surface area contributed by atoms with Gasteiger partial charge in [-0.25, -0.2) is 9.37 Å². The van der Waals surface area contributed by atoms with Gasteiger partial charge in [0.25, 0.3) is 5.56 Å². The molecule has 0 radical (unpaired) electrons. The first-order chi connectivity index (χ1) is 13.0. The van der Waals surface area contributed by atoms with Gasteiger partial charge in [0.2, 0.25) is 5.91 Å². The normalized spacial score (nSPS) is 11.3. The van der Waals surface area contributed by atoms with Crippen molar-refractivity contribution in [2.24, 2.45) is 0 Å². The van der Waals surface area contributed by atoms with E-state index < -0.39 is 0 Å². The van der Waals surface area contributed by atoms with Gasteiger partial charge < -0.3 is 10.3 Å². The zero-order valence-corrected chi connectivity index (χ0v) is 16.0. The highest BCUT2D eigenvalue weighted by molar-refractivity contribution is 7.17. The Bertz CT molecular complexity index is 997. The van der Waals surface area contributed by atoms with Gasteiger partial charge in [-0.1, -0.05) is 19.1 Å². The molecule has 0 aliphatic carbocycles. The maximum Gasteiger partial charge on any atom is 0.260 e. The van der Waals surface area contributed by atoms with Crippen LogP contribution in [0.25, 0.3) is 21.3 Å². The quantitative estimate of drug-likeness (QED) is 0.652. The highest BCUT2D eigenvalue weighted by atomic mass is 32.1. The summed E-state index contributed by atoms with van der Waals surface area (Å²) < 4.78 is 13.2. The van der Waals surface area contributed by atoms with E-state index in [9.17, 15) is 14.0 Å². The number of carbonyl (C=O) groups excluding carboxylic acids is 1. The van der Waals surface area contributed by atoms with Crippen molar-refractivity contribution < 1.29 is 9.18 Å². The minimum Gasteiger partial charge on any atom is -0.355 e. The lowest BCUT2D eigenvalue weighted by molar-refractivity contribution is -0.122. The van der Waals surface area contributed by atoms with E-state index in [4.69, 9.17) is 0 Å². The molecule has 3 aromatic rings. The molecule has 0 saturated carbocycles.